The summed E-state index contributed by atoms with van der Waals surface area (Å²) in [6.45, 7) is 13.4. The molecule has 6 nitrogen and oxygen atoms in total. The Balaban J connectivity index is 1.69. The SMILES string of the molecule is CC(C)C1CCC(C)C(OP(=O)(OC2CC(C(C)C)CCC2C)C(OC(=O)C2CCCCC2)c2cccnc2)C1. The van der Waals surface area contributed by atoms with E-state index in [2.05, 4.69) is 46.5 Å². The quantitative estimate of drug-likeness (QED) is 0.204. The highest BCUT2D eigenvalue weighted by Gasteiger charge is 2.48. The maximum Gasteiger partial charge on any atom is 0.376 e. The first-order valence-electron chi connectivity index (χ1n) is 16.1. The van der Waals surface area contributed by atoms with Crippen LogP contribution in [0.5, 0.6) is 0 Å². The molecule has 0 amide bonds. The van der Waals surface area contributed by atoms with Crippen molar-refractivity contribution >= 4 is 13.6 Å². The second-order valence-corrected chi connectivity index (χ2v) is 15.8. The Morgan fingerprint density at radius 3 is 1.88 bits per heavy atom. The monoisotopic (exact) mass is 575 g/mol. The summed E-state index contributed by atoms with van der Waals surface area (Å²) in [7, 11) is -3.96. The molecule has 0 bridgehead atoms. The second-order valence-electron chi connectivity index (χ2n) is 13.8. The molecule has 1 aromatic heterocycles. The highest BCUT2D eigenvalue weighted by Crippen LogP contribution is 2.65. The summed E-state index contributed by atoms with van der Waals surface area (Å²) in [6, 6.07) is 3.64. The Bertz CT molecular complexity index is 940. The number of hydrogen-bond donors (Lipinski definition) is 0. The lowest BCUT2D eigenvalue weighted by Crippen LogP contribution is -2.36. The summed E-state index contributed by atoms with van der Waals surface area (Å²) in [5, 5.41) is 0. The Morgan fingerprint density at radius 2 is 1.40 bits per heavy atom. The molecule has 0 aromatic carbocycles. The predicted molar refractivity (Wildman–Crippen MR) is 160 cm³/mol. The molecular weight excluding hydrogens is 521 g/mol. The smallest absolute Gasteiger partial charge is 0.376 e. The molecule has 7 unspecified atom stereocenters. The summed E-state index contributed by atoms with van der Waals surface area (Å²) in [4.78, 5) is 17.9. The minimum Gasteiger partial charge on any atom is -0.444 e. The highest BCUT2D eigenvalue weighted by molar-refractivity contribution is 7.54. The highest BCUT2D eigenvalue weighted by atomic mass is 31.2. The van der Waals surface area contributed by atoms with Gasteiger partial charge < -0.3 is 13.8 Å². The predicted octanol–water partition coefficient (Wildman–Crippen LogP) is 9.35. The molecule has 0 aliphatic heterocycles. The van der Waals surface area contributed by atoms with E-state index in [1.807, 2.05) is 6.07 Å². The van der Waals surface area contributed by atoms with Gasteiger partial charge in [0, 0.05) is 18.0 Å². The fourth-order valence-electron chi connectivity index (χ4n) is 7.02. The first-order valence-corrected chi connectivity index (χ1v) is 17.8. The fraction of sp³-hybridized carbons (Fsp3) is 0.818. The van der Waals surface area contributed by atoms with E-state index >= 15 is 4.57 Å². The van der Waals surface area contributed by atoms with Crippen LogP contribution in [-0.4, -0.2) is 23.2 Å². The normalized spacial score (nSPS) is 32.5. The molecule has 1 aromatic rings. The van der Waals surface area contributed by atoms with Gasteiger partial charge in [0.2, 0.25) is 5.85 Å². The maximum atomic E-state index is 15.4. The van der Waals surface area contributed by atoms with Crippen molar-refractivity contribution in [1.29, 1.82) is 0 Å². The molecule has 226 valence electrons. The molecule has 0 radical (unpaired) electrons. The van der Waals surface area contributed by atoms with Crippen LogP contribution in [0.25, 0.3) is 0 Å². The summed E-state index contributed by atoms with van der Waals surface area (Å²) < 4.78 is 35.1. The third-order valence-corrected chi connectivity index (χ3v) is 12.3. The number of hydrogen-bond acceptors (Lipinski definition) is 6. The van der Waals surface area contributed by atoms with E-state index in [1.165, 1.54) is 0 Å². The van der Waals surface area contributed by atoms with E-state index in [9.17, 15) is 4.79 Å². The van der Waals surface area contributed by atoms with Gasteiger partial charge in [0.25, 0.3) is 0 Å². The lowest BCUT2D eigenvalue weighted by molar-refractivity contribution is -0.153. The third kappa shape index (κ3) is 7.98. The number of nitrogens with zero attached hydrogens (tertiary/aromatic N) is 1. The van der Waals surface area contributed by atoms with Gasteiger partial charge in [-0.1, -0.05) is 66.9 Å². The number of pyridine rings is 1. The lowest BCUT2D eigenvalue weighted by Gasteiger charge is -2.42. The number of esters is 1. The first kappa shape index (κ1) is 31.7. The topological polar surface area (TPSA) is 74.7 Å². The van der Waals surface area contributed by atoms with Gasteiger partial charge in [-0.3, -0.25) is 14.3 Å². The van der Waals surface area contributed by atoms with E-state index < -0.39 is 13.4 Å². The lowest BCUT2D eigenvalue weighted by atomic mass is 9.76. The van der Waals surface area contributed by atoms with Crippen molar-refractivity contribution in [3.05, 3.63) is 30.1 Å². The molecule has 7 heteroatoms. The molecule has 3 saturated carbocycles. The minimum absolute atomic E-state index is 0.167. The van der Waals surface area contributed by atoms with Crippen LogP contribution < -0.4 is 0 Å². The fourth-order valence-corrected chi connectivity index (χ4v) is 9.39. The molecule has 3 fully saturated rings. The largest absolute Gasteiger partial charge is 0.444 e. The summed E-state index contributed by atoms with van der Waals surface area (Å²) >= 11 is 0. The van der Waals surface area contributed by atoms with Crippen molar-refractivity contribution in [3.63, 3.8) is 0 Å². The van der Waals surface area contributed by atoms with Crippen LogP contribution in [-0.2, 0) is 23.1 Å². The Morgan fingerprint density at radius 1 is 0.850 bits per heavy atom. The van der Waals surface area contributed by atoms with Crippen molar-refractivity contribution in [3.8, 4) is 0 Å². The van der Waals surface area contributed by atoms with Crippen LogP contribution in [0.4, 0.5) is 0 Å². The minimum atomic E-state index is -3.96. The van der Waals surface area contributed by atoms with E-state index in [1.54, 1.807) is 18.5 Å². The van der Waals surface area contributed by atoms with Crippen molar-refractivity contribution in [2.75, 3.05) is 0 Å². The molecule has 0 N–H and O–H groups in total. The van der Waals surface area contributed by atoms with Crippen LogP contribution in [0, 0.1) is 41.4 Å². The van der Waals surface area contributed by atoms with Gasteiger partial charge >= 0.3 is 13.6 Å². The molecule has 3 aliphatic rings. The average molecular weight is 576 g/mol. The molecule has 7 atom stereocenters. The second kappa shape index (κ2) is 14.3. The number of ether oxygens (including phenoxy) is 1. The van der Waals surface area contributed by atoms with Crippen molar-refractivity contribution in [1.82, 2.24) is 4.98 Å². The molecule has 0 saturated heterocycles. The maximum absolute atomic E-state index is 15.4. The zero-order valence-corrected chi connectivity index (χ0v) is 26.7. The van der Waals surface area contributed by atoms with E-state index in [4.69, 9.17) is 13.8 Å². The zero-order chi connectivity index (χ0) is 28.9. The van der Waals surface area contributed by atoms with Crippen LogP contribution in [0.2, 0.25) is 0 Å². The van der Waals surface area contributed by atoms with Crippen molar-refractivity contribution in [2.45, 2.75) is 130 Å². The van der Waals surface area contributed by atoms with Gasteiger partial charge in [0.15, 0.2) is 0 Å². The van der Waals surface area contributed by atoms with Gasteiger partial charge in [-0.15, -0.1) is 0 Å². The van der Waals surface area contributed by atoms with E-state index in [0.717, 1.165) is 70.6 Å². The molecule has 0 spiro atoms. The van der Waals surface area contributed by atoms with E-state index in [-0.39, 0.29) is 35.9 Å². The summed E-state index contributed by atoms with van der Waals surface area (Å²) in [6.07, 6.45) is 13.8. The average Bonchev–Trinajstić information content (AvgIpc) is 2.94. The first-order chi connectivity index (χ1) is 19.1. The van der Waals surface area contributed by atoms with Crippen LogP contribution in [0.1, 0.15) is 124 Å². The van der Waals surface area contributed by atoms with E-state index in [0.29, 0.717) is 29.2 Å². The standard InChI is InChI=1S/C33H54NO5P/c1-22(2)27-16-14-24(5)30(19-27)38-40(36,39-31-20-28(23(3)4)17-15-25(31)6)33(29-13-10-18-34-21-29)37-32(35)26-11-8-7-9-12-26/h10,13,18,21-28,30-31,33H,7-9,11-12,14-17,19-20H2,1-6H3. The van der Waals surface area contributed by atoms with Crippen molar-refractivity contribution < 1.29 is 23.1 Å². The Hall–Kier alpha value is -1.23. The van der Waals surface area contributed by atoms with Crippen LogP contribution >= 0.6 is 7.60 Å². The van der Waals surface area contributed by atoms with Gasteiger partial charge in [-0.25, -0.2) is 0 Å². The van der Waals surface area contributed by atoms with Crippen LogP contribution in [0.15, 0.2) is 24.5 Å². The molecule has 3 aliphatic carbocycles. The number of carbonyl (C=O) groups is 1. The number of rotatable bonds is 10. The summed E-state index contributed by atoms with van der Waals surface area (Å²) in [5.41, 5.74) is 0.586. The Labute approximate surface area is 243 Å². The molecule has 40 heavy (non-hydrogen) atoms. The summed E-state index contributed by atoms with van der Waals surface area (Å²) in [5.74, 6) is 1.02. The van der Waals surface area contributed by atoms with Gasteiger partial charge in [-0.2, -0.15) is 0 Å². The number of aromatic nitrogens is 1. The van der Waals surface area contributed by atoms with Gasteiger partial charge in [-0.05, 0) is 92.9 Å². The third-order valence-electron chi connectivity index (χ3n) is 10.2. The van der Waals surface area contributed by atoms with Gasteiger partial charge in [0.05, 0.1) is 18.1 Å². The van der Waals surface area contributed by atoms with Crippen LogP contribution in [0.3, 0.4) is 0 Å². The molecular formula is C33H54NO5P. The Kier molecular flexibility index (Phi) is 11.3. The molecule has 1 heterocycles. The van der Waals surface area contributed by atoms with Crippen molar-refractivity contribution in [2.24, 2.45) is 41.4 Å². The van der Waals surface area contributed by atoms with Gasteiger partial charge in [0.1, 0.15) is 0 Å². The number of carbonyl (C=O) groups excluding carboxylic acids is 1. The molecule has 4 rings (SSSR count). The zero-order valence-electron chi connectivity index (χ0n) is 25.8.